The number of rotatable bonds is 3. The third kappa shape index (κ3) is 2.52. The summed E-state index contributed by atoms with van der Waals surface area (Å²) in [6.45, 7) is 7.39. The summed E-state index contributed by atoms with van der Waals surface area (Å²) in [5.41, 5.74) is 0.914. The lowest BCUT2D eigenvalue weighted by atomic mass is 10.0. The van der Waals surface area contributed by atoms with E-state index in [1.54, 1.807) is 11.3 Å². The van der Waals surface area contributed by atoms with Gasteiger partial charge in [-0.05, 0) is 37.9 Å². The number of aromatic amines is 1. The molecule has 2 aromatic rings. The van der Waals surface area contributed by atoms with Gasteiger partial charge in [0.15, 0.2) is 15.7 Å². The number of anilines is 1. The first kappa shape index (κ1) is 13.8. The minimum Gasteiger partial charge on any atom is -0.348 e. The standard InChI is InChI=1S/C13H19N5S2/c1-3-18-11(15-16-12(18)19)10-8-20-13(14-10)17-6-4-5-9(2)7-17/h8-9H,3-7H2,1-2H3,(H,16,19). The van der Waals surface area contributed by atoms with Crippen molar-refractivity contribution in [1.29, 1.82) is 0 Å². The van der Waals surface area contributed by atoms with E-state index in [4.69, 9.17) is 17.2 Å². The van der Waals surface area contributed by atoms with Crippen molar-refractivity contribution in [2.45, 2.75) is 33.2 Å². The molecule has 20 heavy (non-hydrogen) atoms. The monoisotopic (exact) mass is 309 g/mol. The molecular weight excluding hydrogens is 290 g/mol. The second kappa shape index (κ2) is 5.65. The normalized spacial score (nSPS) is 19.5. The fourth-order valence-corrected chi connectivity index (χ4v) is 3.78. The van der Waals surface area contributed by atoms with E-state index in [0.717, 1.165) is 42.2 Å². The van der Waals surface area contributed by atoms with Gasteiger partial charge in [-0.25, -0.2) is 4.98 Å². The molecule has 2 aromatic heterocycles. The molecule has 1 saturated heterocycles. The van der Waals surface area contributed by atoms with E-state index in [9.17, 15) is 0 Å². The van der Waals surface area contributed by atoms with Gasteiger partial charge in [-0.3, -0.25) is 9.67 Å². The topological polar surface area (TPSA) is 49.7 Å². The van der Waals surface area contributed by atoms with E-state index < -0.39 is 0 Å². The first-order valence-corrected chi connectivity index (χ1v) is 8.34. The second-order valence-electron chi connectivity index (χ2n) is 5.31. The molecule has 0 aromatic carbocycles. The van der Waals surface area contributed by atoms with Crippen LogP contribution in [0.1, 0.15) is 26.7 Å². The van der Waals surface area contributed by atoms with Crippen LogP contribution >= 0.6 is 23.6 Å². The number of H-pyrrole nitrogens is 1. The molecule has 1 aliphatic heterocycles. The minimum atomic E-state index is 0.656. The van der Waals surface area contributed by atoms with Crippen LogP contribution in [0.4, 0.5) is 5.13 Å². The average molecular weight is 309 g/mol. The van der Waals surface area contributed by atoms with E-state index in [0.29, 0.717) is 4.77 Å². The highest BCUT2D eigenvalue weighted by atomic mass is 32.1. The quantitative estimate of drug-likeness (QED) is 0.884. The van der Waals surface area contributed by atoms with Crippen LogP contribution in [0.5, 0.6) is 0 Å². The van der Waals surface area contributed by atoms with Crippen molar-refractivity contribution in [1.82, 2.24) is 19.7 Å². The number of hydrogen-bond acceptors (Lipinski definition) is 5. The van der Waals surface area contributed by atoms with E-state index in [-0.39, 0.29) is 0 Å². The van der Waals surface area contributed by atoms with Crippen molar-refractivity contribution < 1.29 is 0 Å². The second-order valence-corrected chi connectivity index (χ2v) is 6.53. The lowest BCUT2D eigenvalue weighted by molar-refractivity contribution is 0.446. The summed E-state index contributed by atoms with van der Waals surface area (Å²) < 4.78 is 2.64. The van der Waals surface area contributed by atoms with Crippen LogP contribution in [0.25, 0.3) is 11.5 Å². The lowest BCUT2D eigenvalue weighted by Crippen LogP contribution is -2.34. The third-order valence-corrected chi connectivity index (χ3v) is 4.94. The van der Waals surface area contributed by atoms with E-state index in [2.05, 4.69) is 34.3 Å². The molecule has 7 heteroatoms. The zero-order valence-corrected chi connectivity index (χ0v) is 13.4. The Morgan fingerprint density at radius 3 is 3.15 bits per heavy atom. The van der Waals surface area contributed by atoms with Gasteiger partial charge in [-0.15, -0.1) is 11.3 Å². The predicted octanol–water partition coefficient (Wildman–Crippen LogP) is 3.32. The van der Waals surface area contributed by atoms with Gasteiger partial charge < -0.3 is 4.90 Å². The van der Waals surface area contributed by atoms with Crippen LogP contribution in [-0.2, 0) is 6.54 Å². The minimum absolute atomic E-state index is 0.656. The number of hydrogen-bond donors (Lipinski definition) is 1. The highest BCUT2D eigenvalue weighted by Crippen LogP contribution is 2.29. The van der Waals surface area contributed by atoms with Crippen LogP contribution in [0.2, 0.25) is 0 Å². The molecule has 1 fully saturated rings. The number of thiazole rings is 1. The Hall–Kier alpha value is -1.21. The van der Waals surface area contributed by atoms with Crippen LogP contribution < -0.4 is 4.90 Å². The molecule has 0 spiro atoms. The summed E-state index contributed by atoms with van der Waals surface area (Å²) in [5.74, 6) is 1.59. The number of nitrogens with zero attached hydrogens (tertiary/aromatic N) is 4. The zero-order valence-electron chi connectivity index (χ0n) is 11.8. The smallest absolute Gasteiger partial charge is 0.195 e. The number of aromatic nitrogens is 4. The maximum absolute atomic E-state index is 5.23. The molecule has 0 amide bonds. The predicted molar refractivity (Wildman–Crippen MR) is 84.8 cm³/mol. The Bertz CT molecular complexity index is 641. The highest BCUT2D eigenvalue weighted by Gasteiger charge is 2.20. The first-order valence-electron chi connectivity index (χ1n) is 7.05. The van der Waals surface area contributed by atoms with Crippen molar-refractivity contribution in [3.8, 4) is 11.5 Å². The maximum atomic E-state index is 5.23. The lowest BCUT2D eigenvalue weighted by Gasteiger charge is -2.30. The van der Waals surface area contributed by atoms with Crippen LogP contribution in [0, 0.1) is 10.7 Å². The van der Waals surface area contributed by atoms with Gasteiger partial charge in [0.25, 0.3) is 0 Å². The molecule has 1 N–H and O–H groups in total. The maximum Gasteiger partial charge on any atom is 0.195 e. The fourth-order valence-electron chi connectivity index (χ4n) is 2.68. The summed E-state index contributed by atoms with van der Waals surface area (Å²) in [6, 6.07) is 0. The van der Waals surface area contributed by atoms with Gasteiger partial charge in [0.05, 0.1) is 0 Å². The van der Waals surface area contributed by atoms with Crippen LogP contribution in [0.3, 0.4) is 0 Å². The van der Waals surface area contributed by atoms with Crippen molar-refractivity contribution in [3.05, 3.63) is 10.2 Å². The Morgan fingerprint density at radius 2 is 2.40 bits per heavy atom. The zero-order chi connectivity index (χ0) is 14.1. The van der Waals surface area contributed by atoms with Gasteiger partial charge in [0.2, 0.25) is 0 Å². The summed E-state index contributed by atoms with van der Waals surface area (Å²) in [7, 11) is 0. The molecule has 1 aliphatic rings. The molecule has 3 rings (SSSR count). The molecule has 108 valence electrons. The van der Waals surface area contributed by atoms with Crippen molar-refractivity contribution >= 4 is 28.7 Å². The molecule has 5 nitrogen and oxygen atoms in total. The van der Waals surface area contributed by atoms with E-state index >= 15 is 0 Å². The molecule has 0 aliphatic carbocycles. The van der Waals surface area contributed by atoms with E-state index in [1.807, 2.05) is 4.57 Å². The van der Waals surface area contributed by atoms with Crippen LogP contribution in [-0.4, -0.2) is 32.8 Å². The van der Waals surface area contributed by atoms with Crippen molar-refractivity contribution in [2.24, 2.45) is 5.92 Å². The summed E-state index contributed by atoms with van der Waals surface area (Å²) in [4.78, 5) is 7.14. The molecule has 0 bridgehead atoms. The molecule has 3 heterocycles. The summed E-state index contributed by atoms with van der Waals surface area (Å²) in [6.07, 6.45) is 2.58. The highest BCUT2D eigenvalue weighted by molar-refractivity contribution is 7.71. The molecular formula is C13H19N5S2. The van der Waals surface area contributed by atoms with E-state index in [1.165, 1.54) is 12.8 Å². The first-order chi connectivity index (χ1) is 9.69. The summed E-state index contributed by atoms with van der Waals surface area (Å²) in [5, 5.41) is 10.3. The van der Waals surface area contributed by atoms with Crippen molar-refractivity contribution in [3.63, 3.8) is 0 Å². The Morgan fingerprint density at radius 1 is 1.55 bits per heavy atom. The number of nitrogens with one attached hydrogen (secondary N) is 1. The van der Waals surface area contributed by atoms with Crippen molar-refractivity contribution in [2.75, 3.05) is 18.0 Å². The molecule has 1 atom stereocenters. The van der Waals surface area contributed by atoms with Gasteiger partial charge in [-0.2, -0.15) is 5.10 Å². The third-order valence-electron chi connectivity index (χ3n) is 3.72. The molecule has 1 unspecified atom stereocenters. The molecule has 0 radical (unpaired) electrons. The Labute approximate surface area is 127 Å². The average Bonchev–Trinajstić information content (AvgIpc) is 3.04. The summed E-state index contributed by atoms with van der Waals surface area (Å²) >= 11 is 6.92. The Kier molecular flexibility index (Phi) is 3.89. The molecule has 0 saturated carbocycles. The van der Waals surface area contributed by atoms with Crippen LogP contribution in [0.15, 0.2) is 5.38 Å². The fraction of sp³-hybridized carbons (Fsp3) is 0.615. The largest absolute Gasteiger partial charge is 0.348 e. The number of piperidine rings is 1. The SMILES string of the molecule is CCn1c(-c2csc(N3CCCC(C)C3)n2)n[nH]c1=S. The Balaban J connectivity index is 1.88. The van der Waals surface area contributed by atoms with Gasteiger partial charge in [-0.1, -0.05) is 6.92 Å². The van der Waals surface area contributed by atoms with Gasteiger partial charge >= 0.3 is 0 Å². The van der Waals surface area contributed by atoms with Gasteiger partial charge in [0.1, 0.15) is 5.69 Å². The van der Waals surface area contributed by atoms with Gasteiger partial charge in [0, 0.05) is 25.0 Å².